The monoisotopic (exact) mass is 381 g/mol. The van der Waals surface area contributed by atoms with Gasteiger partial charge in [-0.1, -0.05) is 19.1 Å². The van der Waals surface area contributed by atoms with Gasteiger partial charge < -0.3 is 19.7 Å². The summed E-state index contributed by atoms with van der Waals surface area (Å²) in [5, 5.41) is 2.85. The number of benzene rings is 2. The molecule has 2 aliphatic heterocycles. The Morgan fingerprint density at radius 1 is 1.04 bits per heavy atom. The summed E-state index contributed by atoms with van der Waals surface area (Å²) in [6.07, 6.45) is 0.951. The Balaban J connectivity index is 1.38. The Labute approximate surface area is 163 Å². The van der Waals surface area contributed by atoms with Crippen molar-refractivity contribution in [3.8, 4) is 11.5 Å². The minimum Gasteiger partial charge on any atom is -0.486 e. The topological polar surface area (TPSA) is 71.1 Å². The standard InChI is InChI=1S/C21H23N3O4/c1-2-15-3-5-16(6-4-15)22-20(25)14-23-9-10-24(21(23)26)17-7-8-18-19(13-17)28-12-11-27-18/h3-8,13H,2,9-12,14H2,1H3,(H,22,25). The molecule has 1 N–H and O–H groups in total. The first-order chi connectivity index (χ1) is 13.6. The first-order valence-electron chi connectivity index (χ1n) is 9.49. The quantitative estimate of drug-likeness (QED) is 0.865. The molecule has 2 aromatic rings. The van der Waals surface area contributed by atoms with Gasteiger partial charge in [-0.25, -0.2) is 4.79 Å². The minimum absolute atomic E-state index is 0.0232. The maximum absolute atomic E-state index is 12.7. The van der Waals surface area contributed by atoms with Gasteiger partial charge in [0.15, 0.2) is 11.5 Å². The molecule has 0 aliphatic carbocycles. The lowest BCUT2D eigenvalue weighted by Crippen LogP contribution is -2.37. The van der Waals surface area contributed by atoms with E-state index in [1.54, 1.807) is 9.80 Å². The summed E-state index contributed by atoms with van der Waals surface area (Å²) in [4.78, 5) is 28.3. The Morgan fingerprint density at radius 2 is 1.79 bits per heavy atom. The lowest BCUT2D eigenvalue weighted by Gasteiger charge is -2.22. The van der Waals surface area contributed by atoms with Gasteiger partial charge in [-0.15, -0.1) is 0 Å². The smallest absolute Gasteiger partial charge is 0.325 e. The number of anilines is 2. The number of ether oxygens (including phenoxy) is 2. The van der Waals surface area contributed by atoms with E-state index in [1.165, 1.54) is 5.56 Å². The van der Waals surface area contributed by atoms with Gasteiger partial charge in [0.2, 0.25) is 5.91 Å². The molecule has 0 bridgehead atoms. The average Bonchev–Trinajstić information content (AvgIpc) is 3.08. The summed E-state index contributed by atoms with van der Waals surface area (Å²) in [5.41, 5.74) is 2.69. The van der Waals surface area contributed by atoms with Gasteiger partial charge in [0.1, 0.15) is 19.8 Å². The van der Waals surface area contributed by atoms with Crippen LogP contribution < -0.4 is 19.7 Å². The molecule has 1 saturated heterocycles. The van der Waals surface area contributed by atoms with Gasteiger partial charge in [0.25, 0.3) is 0 Å². The van der Waals surface area contributed by atoms with Crippen LogP contribution in [-0.2, 0) is 11.2 Å². The Hall–Kier alpha value is -3.22. The van der Waals surface area contributed by atoms with Crippen molar-refractivity contribution < 1.29 is 19.1 Å². The van der Waals surface area contributed by atoms with Crippen LogP contribution in [0.4, 0.5) is 16.2 Å². The van der Waals surface area contributed by atoms with Crippen LogP contribution in [0.1, 0.15) is 12.5 Å². The van der Waals surface area contributed by atoms with Gasteiger partial charge in [-0.05, 0) is 36.2 Å². The zero-order chi connectivity index (χ0) is 19.5. The fourth-order valence-electron chi connectivity index (χ4n) is 3.37. The molecule has 0 aromatic heterocycles. The highest BCUT2D eigenvalue weighted by Gasteiger charge is 2.31. The van der Waals surface area contributed by atoms with E-state index in [-0.39, 0.29) is 18.5 Å². The number of nitrogens with one attached hydrogen (secondary N) is 1. The van der Waals surface area contributed by atoms with Crippen molar-refractivity contribution in [3.05, 3.63) is 48.0 Å². The van der Waals surface area contributed by atoms with E-state index in [2.05, 4.69) is 12.2 Å². The molecule has 2 heterocycles. The van der Waals surface area contributed by atoms with Crippen LogP contribution in [0.25, 0.3) is 0 Å². The van der Waals surface area contributed by atoms with Crippen molar-refractivity contribution in [2.45, 2.75) is 13.3 Å². The second-order valence-corrected chi connectivity index (χ2v) is 6.78. The molecule has 0 unspecified atom stereocenters. The van der Waals surface area contributed by atoms with Crippen LogP contribution in [0.2, 0.25) is 0 Å². The highest BCUT2D eigenvalue weighted by atomic mass is 16.6. The summed E-state index contributed by atoms with van der Waals surface area (Å²) < 4.78 is 11.1. The van der Waals surface area contributed by atoms with Gasteiger partial charge >= 0.3 is 6.03 Å². The summed E-state index contributed by atoms with van der Waals surface area (Å²) in [6.45, 7) is 4.15. The fraction of sp³-hybridized carbons (Fsp3) is 0.333. The van der Waals surface area contributed by atoms with Crippen molar-refractivity contribution in [2.24, 2.45) is 0 Å². The van der Waals surface area contributed by atoms with Crippen molar-refractivity contribution >= 4 is 23.3 Å². The molecule has 0 saturated carbocycles. The van der Waals surface area contributed by atoms with Crippen LogP contribution in [0.5, 0.6) is 11.5 Å². The van der Waals surface area contributed by atoms with Crippen molar-refractivity contribution in [2.75, 3.05) is 43.1 Å². The summed E-state index contributed by atoms with van der Waals surface area (Å²) in [7, 11) is 0. The largest absolute Gasteiger partial charge is 0.486 e. The molecule has 0 radical (unpaired) electrons. The Kier molecular flexibility index (Phi) is 5.06. The molecule has 1 fully saturated rings. The Morgan fingerprint density at radius 3 is 2.54 bits per heavy atom. The normalized spacial score (nSPS) is 15.7. The summed E-state index contributed by atoms with van der Waals surface area (Å²) in [6, 6.07) is 13.0. The van der Waals surface area contributed by atoms with Gasteiger partial charge in [0, 0.05) is 30.5 Å². The molecule has 2 aliphatic rings. The van der Waals surface area contributed by atoms with Gasteiger partial charge in [-0.2, -0.15) is 0 Å². The van der Waals surface area contributed by atoms with E-state index < -0.39 is 0 Å². The molecule has 3 amide bonds. The molecule has 7 nitrogen and oxygen atoms in total. The van der Waals surface area contributed by atoms with E-state index in [4.69, 9.17) is 9.47 Å². The molecule has 2 aromatic carbocycles. The van der Waals surface area contributed by atoms with E-state index in [9.17, 15) is 9.59 Å². The van der Waals surface area contributed by atoms with E-state index in [0.29, 0.717) is 37.8 Å². The number of aryl methyl sites for hydroxylation is 1. The van der Waals surface area contributed by atoms with E-state index >= 15 is 0 Å². The fourth-order valence-corrected chi connectivity index (χ4v) is 3.37. The number of urea groups is 1. The summed E-state index contributed by atoms with van der Waals surface area (Å²) in [5.74, 6) is 1.12. The third-order valence-corrected chi connectivity index (χ3v) is 4.91. The number of carbonyl (C=O) groups is 2. The lowest BCUT2D eigenvalue weighted by molar-refractivity contribution is -0.116. The number of amides is 3. The maximum Gasteiger partial charge on any atom is 0.325 e. The van der Waals surface area contributed by atoms with Gasteiger partial charge in [-0.3, -0.25) is 9.69 Å². The maximum atomic E-state index is 12.7. The molecule has 0 atom stereocenters. The second kappa shape index (κ2) is 7.80. The third-order valence-electron chi connectivity index (χ3n) is 4.91. The van der Waals surface area contributed by atoms with E-state index in [0.717, 1.165) is 17.8 Å². The van der Waals surface area contributed by atoms with Crippen LogP contribution >= 0.6 is 0 Å². The number of carbonyl (C=O) groups excluding carboxylic acids is 2. The SMILES string of the molecule is CCc1ccc(NC(=O)CN2CCN(c3ccc4c(c3)OCCO4)C2=O)cc1. The van der Waals surface area contributed by atoms with Crippen molar-refractivity contribution in [1.82, 2.24) is 4.90 Å². The molecule has 7 heteroatoms. The predicted molar refractivity (Wildman–Crippen MR) is 106 cm³/mol. The number of rotatable bonds is 5. The summed E-state index contributed by atoms with van der Waals surface area (Å²) >= 11 is 0. The Bertz CT molecular complexity index is 882. The van der Waals surface area contributed by atoms with E-state index in [1.807, 2.05) is 42.5 Å². The first-order valence-corrected chi connectivity index (χ1v) is 9.49. The number of hydrogen-bond acceptors (Lipinski definition) is 4. The number of hydrogen-bond donors (Lipinski definition) is 1. The molecule has 28 heavy (non-hydrogen) atoms. The molecule has 0 spiro atoms. The molecular formula is C21H23N3O4. The van der Waals surface area contributed by atoms with Crippen molar-refractivity contribution in [1.29, 1.82) is 0 Å². The zero-order valence-corrected chi connectivity index (χ0v) is 15.8. The lowest BCUT2D eigenvalue weighted by atomic mass is 10.1. The molecule has 146 valence electrons. The van der Waals surface area contributed by atoms with Crippen LogP contribution in [-0.4, -0.2) is 49.7 Å². The molecule has 4 rings (SSSR count). The number of nitrogens with zero attached hydrogens (tertiary/aromatic N) is 2. The molecular weight excluding hydrogens is 358 g/mol. The third kappa shape index (κ3) is 3.74. The van der Waals surface area contributed by atoms with Crippen LogP contribution in [0.3, 0.4) is 0 Å². The van der Waals surface area contributed by atoms with Crippen molar-refractivity contribution in [3.63, 3.8) is 0 Å². The van der Waals surface area contributed by atoms with Gasteiger partial charge in [0.05, 0.1) is 0 Å². The number of fused-ring (bicyclic) bond motifs is 1. The second-order valence-electron chi connectivity index (χ2n) is 6.78. The average molecular weight is 381 g/mol. The predicted octanol–water partition coefficient (Wildman–Crippen LogP) is 2.90. The highest BCUT2D eigenvalue weighted by molar-refractivity contribution is 5.99. The highest BCUT2D eigenvalue weighted by Crippen LogP contribution is 2.35. The van der Waals surface area contributed by atoms with Crippen LogP contribution in [0, 0.1) is 0 Å². The zero-order valence-electron chi connectivity index (χ0n) is 15.8. The minimum atomic E-state index is -0.207. The first kappa shape index (κ1) is 18.2. The van der Waals surface area contributed by atoms with Crippen LogP contribution in [0.15, 0.2) is 42.5 Å².